The molecule has 0 aliphatic carbocycles. The summed E-state index contributed by atoms with van der Waals surface area (Å²) in [6, 6.07) is 1.37. The molecule has 3 unspecified atom stereocenters. The van der Waals surface area contributed by atoms with E-state index in [-0.39, 0.29) is 0 Å². The van der Waals surface area contributed by atoms with Gasteiger partial charge in [-0.2, -0.15) is 0 Å². The fourth-order valence-electron chi connectivity index (χ4n) is 3.23. The second-order valence-electron chi connectivity index (χ2n) is 5.40. The Hall–Kier alpha value is -0.120. The predicted molar refractivity (Wildman–Crippen MR) is 66.7 cm³/mol. The van der Waals surface area contributed by atoms with E-state index in [2.05, 4.69) is 17.1 Å². The first-order valence-electron chi connectivity index (χ1n) is 6.77. The van der Waals surface area contributed by atoms with Gasteiger partial charge in [0.1, 0.15) is 0 Å². The van der Waals surface area contributed by atoms with Crippen molar-refractivity contribution < 1.29 is 4.74 Å². The van der Waals surface area contributed by atoms with E-state index in [4.69, 9.17) is 4.74 Å². The highest BCUT2D eigenvalue weighted by molar-refractivity contribution is 4.87. The van der Waals surface area contributed by atoms with Gasteiger partial charge in [0.2, 0.25) is 0 Å². The summed E-state index contributed by atoms with van der Waals surface area (Å²) in [7, 11) is 1.80. The largest absolute Gasteiger partial charge is 0.383 e. The van der Waals surface area contributed by atoms with Crippen molar-refractivity contribution in [2.45, 2.75) is 44.7 Å². The zero-order chi connectivity index (χ0) is 11.4. The summed E-state index contributed by atoms with van der Waals surface area (Å²) in [6.07, 6.45) is 5.52. The van der Waals surface area contributed by atoms with Crippen LogP contribution in [0.4, 0.5) is 0 Å². The number of piperidine rings is 1. The molecule has 0 spiro atoms. The molecule has 0 aromatic heterocycles. The number of hydrogen-bond acceptors (Lipinski definition) is 3. The molecule has 0 radical (unpaired) electrons. The third-order valence-corrected chi connectivity index (χ3v) is 4.19. The molecule has 0 bridgehead atoms. The number of nitrogens with one attached hydrogen (secondary N) is 1. The van der Waals surface area contributed by atoms with Crippen LogP contribution in [0.2, 0.25) is 0 Å². The minimum atomic E-state index is 0.578. The fourth-order valence-corrected chi connectivity index (χ4v) is 3.23. The molecule has 2 aliphatic rings. The standard InChI is InChI=1S/C13H26N2O/c1-11(10-16-2)15-8-4-5-12(9-15)13-6-3-7-14-13/h11-14H,3-10H2,1-2H3. The van der Waals surface area contributed by atoms with Gasteiger partial charge >= 0.3 is 0 Å². The monoisotopic (exact) mass is 226 g/mol. The van der Waals surface area contributed by atoms with Gasteiger partial charge in [0.05, 0.1) is 6.61 Å². The molecule has 94 valence electrons. The van der Waals surface area contributed by atoms with Gasteiger partial charge in [-0.15, -0.1) is 0 Å². The molecule has 2 rings (SSSR count). The maximum Gasteiger partial charge on any atom is 0.0615 e. The number of rotatable bonds is 4. The number of likely N-dealkylation sites (tertiary alicyclic amines) is 1. The molecule has 2 aliphatic heterocycles. The minimum absolute atomic E-state index is 0.578. The maximum absolute atomic E-state index is 5.26. The summed E-state index contributed by atoms with van der Waals surface area (Å²) in [4.78, 5) is 2.61. The fraction of sp³-hybridized carbons (Fsp3) is 1.00. The highest BCUT2D eigenvalue weighted by atomic mass is 16.5. The van der Waals surface area contributed by atoms with E-state index in [1.807, 2.05) is 0 Å². The summed E-state index contributed by atoms with van der Waals surface area (Å²) in [5.41, 5.74) is 0. The van der Waals surface area contributed by atoms with Gasteiger partial charge in [-0.25, -0.2) is 0 Å². The van der Waals surface area contributed by atoms with E-state index in [9.17, 15) is 0 Å². The molecule has 0 saturated carbocycles. The number of hydrogen-bond donors (Lipinski definition) is 1. The highest BCUT2D eigenvalue weighted by Gasteiger charge is 2.30. The third-order valence-electron chi connectivity index (χ3n) is 4.19. The molecular formula is C13H26N2O. The summed E-state index contributed by atoms with van der Waals surface area (Å²) in [5, 5.41) is 3.66. The third kappa shape index (κ3) is 2.96. The molecule has 0 aromatic rings. The first-order valence-corrected chi connectivity index (χ1v) is 6.77. The van der Waals surface area contributed by atoms with Crippen molar-refractivity contribution in [1.29, 1.82) is 0 Å². The quantitative estimate of drug-likeness (QED) is 0.786. The average molecular weight is 226 g/mol. The van der Waals surface area contributed by atoms with Crippen molar-refractivity contribution in [2.24, 2.45) is 5.92 Å². The first-order chi connectivity index (χ1) is 7.81. The Labute approximate surface area is 99.5 Å². The smallest absolute Gasteiger partial charge is 0.0615 e. The molecule has 3 atom stereocenters. The van der Waals surface area contributed by atoms with Crippen molar-refractivity contribution in [3.63, 3.8) is 0 Å². The van der Waals surface area contributed by atoms with Crippen molar-refractivity contribution in [2.75, 3.05) is 33.4 Å². The van der Waals surface area contributed by atoms with E-state index in [0.717, 1.165) is 18.6 Å². The Morgan fingerprint density at radius 3 is 2.94 bits per heavy atom. The van der Waals surface area contributed by atoms with Crippen LogP contribution in [0, 0.1) is 5.92 Å². The van der Waals surface area contributed by atoms with Crippen LogP contribution >= 0.6 is 0 Å². The van der Waals surface area contributed by atoms with Crippen molar-refractivity contribution >= 4 is 0 Å². The lowest BCUT2D eigenvalue weighted by Gasteiger charge is -2.38. The van der Waals surface area contributed by atoms with E-state index < -0.39 is 0 Å². The molecule has 0 aromatic carbocycles. The van der Waals surface area contributed by atoms with Crippen LogP contribution in [0.5, 0.6) is 0 Å². The number of methoxy groups -OCH3 is 1. The second kappa shape index (κ2) is 5.99. The Kier molecular flexibility index (Phi) is 4.62. The zero-order valence-corrected chi connectivity index (χ0v) is 10.7. The van der Waals surface area contributed by atoms with Crippen LogP contribution in [0.1, 0.15) is 32.6 Å². The molecule has 3 heteroatoms. The summed E-state index contributed by atoms with van der Waals surface area (Å²) in [6.45, 7) is 6.91. The van der Waals surface area contributed by atoms with Gasteiger partial charge < -0.3 is 10.1 Å². The molecule has 2 fully saturated rings. The van der Waals surface area contributed by atoms with E-state index in [1.165, 1.54) is 45.3 Å². The lowest BCUT2D eigenvalue weighted by Crippen LogP contribution is -2.47. The van der Waals surface area contributed by atoms with Gasteiger partial charge in [-0.1, -0.05) is 0 Å². The van der Waals surface area contributed by atoms with Gasteiger partial charge in [0.15, 0.2) is 0 Å². The van der Waals surface area contributed by atoms with Gasteiger partial charge in [0, 0.05) is 25.7 Å². The normalized spacial score (nSPS) is 34.1. The van der Waals surface area contributed by atoms with Gasteiger partial charge in [-0.05, 0) is 51.6 Å². The molecule has 2 heterocycles. The second-order valence-corrected chi connectivity index (χ2v) is 5.40. The average Bonchev–Trinajstić information content (AvgIpc) is 2.83. The van der Waals surface area contributed by atoms with Crippen LogP contribution in [-0.2, 0) is 4.74 Å². The van der Waals surface area contributed by atoms with Crippen LogP contribution < -0.4 is 5.32 Å². The van der Waals surface area contributed by atoms with Crippen molar-refractivity contribution in [3.8, 4) is 0 Å². The molecule has 16 heavy (non-hydrogen) atoms. The van der Waals surface area contributed by atoms with E-state index in [1.54, 1.807) is 7.11 Å². The zero-order valence-electron chi connectivity index (χ0n) is 10.7. The minimum Gasteiger partial charge on any atom is -0.383 e. The first kappa shape index (κ1) is 12.3. The predicted octanol–water partition coefficient (Wildman–Crippen LogP) is 1.49. The Morgan fingerprint density at radius 2 is 2.25 bits per heavy atom. The van der Waals surface area contributed by atoms with Crippen molar-refractivity contribution in [3.05, 3.63) is 0 Å². The van der Waals surface area contributed by atoms with Gasteiger partial charge in [-0.3, -0.25) is 4.90 Å². The SMILES string of the molecule is COCC(C)N1CCCC(C2CCCN2)C1. The molecule has 0 amide bonds. The summed E-state index contributed by atoms with van der Waals surface area (Å²) < 4.78 is 5.26. The van der Waals surface area contributed by atoms with Gasteiger partial charge in [0.25, 0.3) is 0 Å². The molecule has 1 N–H and O–H groups in total. The Morgan fingerprint density at radius 1 is 1.38 bits per heavy atom. The number of ether oxygens (including phenoxy) is 1. The highest BCUT2D eigenvalue weighted by Crippen LogP contribution is 2.25. The Balaban J connectivity index is 1.83. The summed E-state index contributed by atoms with van der Waals surface area (Å²) >= 11 is 0. The molecule has 2 saturated heterocycles. The van der Waals surface area contributed by atoms with Crippen LogP contribution in [0.3, 0.4) is 0 Å². The summed E-state index contributed by atoms with van der Waals surface area (Å²) in [5.74, 6) is 0.871. The topological polar surface area (TPSA) is 24.5 Å². The lowest BCUT2D eigenvalue weighted by atomic mass is 9.89. The van der Waals surface area contributed by atoms with E-state index in [0.29, 0.717) is 6.04 Å². The lowest BCUT2D eigenvalue weighted by molar-refractivity contribution is 0.0610. The van der Waals surface area contributed by atoms with Crippen LogP contribution in [0.15, 0.2) is 0 Å². The van der Waals surface area contributed by atoms with Crippen LogP contribution in [-0.4, -0.2) is 50.3 Å². The Bertz CT molecular complexity index is 204. The van der Waals surface area contributed by atoms with Crippen molar-refractivity contribution in [1.82, 2.24) is 10.2 Å². The molecular weight excluding hydrogens is 200 g/mol. The van der Waals surface area contributed by atoms with E-state index >= 15 is 0 Å². The van der Waals surface area contributed by atoms with Crippen LogP contribution in [0.25, 0.3) is 0 Å². The molecule has 3 nitrogen and oxygen atoms in total. The number of nitrogens with zero attached hydrogens (tertiary/aromatic N) is 1. The maximum atomic E-state index is 5.26.